The number of ether oxygens (including phenoxy) is 2. The molecule has 0 aliphatic carbocycles. The molecule has 0 fully saturated rings. The van der Waals surface area contributed by atoms with E-state index in [9.17, 15) is 9.59 Å². The molecule has 0 saturated carbocycles. The number of fused-ring (bicyclic) bond motifs is 1. The van der Waals surface area contributed by atoms with Gasteiger partial charge in [0.15, 0.2) is 11.5 Å². The third kappa shape index (κ3) is 5.38. The number of methoxy groups -OCH3 is 2. The molecule has 0 radical (unpaired) electrons. The second-order valence-electron chi connectivity index (χ2n) is 7.84. The smallest absolute Gasteiger partial charge is 0.238 e. The van der Waals surface area contributed by atoms with E-state index in [1.807, 2.05) is 42.5 Å². The zero-order valence-electron chi connectivity index (χ0n) is 19.1. The molecule has 0 spiro atoms. The molecule has 7 nitrogen and oxygen atoms in total. The molecule has 1 unspecified atom stereocenters. The molecule has 2 aromatic carbocycles. The summed E-state index contributed by atoms with van der Waals surface area (Å²) in [7, 11) is 3.27. The van der Waals surface area contributed by atoms with Crippen molar-refractivity contribution in [1.82, 2.24) is 4.90 Å². The highest BCUT2D eigenvalue weighted by Gasteiger charge is 2.32. The lowest BCUT2D eigenvalue weighted by Crippen LogP contribution is -2.41. The number of primary amides is 1. The van der Waals surface area contributed by atoms with Crippen LogP contribution in [0.3, 0.4) is 0 Å². The average Bonchev–Trinajstić information content (AvgIpc) is 3.36. The Labute approximate surface area is 207 Å². The number of amides is 2. The largest absolute Gasteiger partial charge is 0.493 e. The Morgan fingerprint density at radius 3 is 2.62 bits per heavy atom. The molecule has 34 heavy (non-hydrogen) atoms. The van der Waals surface area contributed by atoms with Crippen LogP contribution in [0.15, 0.2) is 58.8 Å². The maximum Gasteiger partial charge on any atom is 0.238 e. The summed E-state index contributed by atoms with van der Waals surface area (Å²) in [5, 5.41) is 5.07. The van der Waals surface area contributed by atoms with Gasteiger partial charge in [-0.05, 0) is 53.3 Å². The van der Waals surface area contributed by atoms with Gasteiger partial charge >= 0.3 is 0 Å². The average molecular weight is 498 g/mol. The number of hydrogen-bond donors (Lipinski definition) is 2. The summed E-state index contributed by atoms with van der Waals surface area (Å²) in [6.07, 6.45) is 0.801. The summed E-state index contributed by atoms with van der Waals surface area (Å²) in [5.41, 5.74) is 8.28. The van der Waals surface area contributed by atoms with Crippen molar-refractivity contribution in [2.24, 2.45) is 5.73 Å². The molecule has 1 aliphatic rings. The number of anilines is 1. The van der Waals surface area contributed by atoms with Crippen molar-refractivity contribution < 1.29 is 19.1 Å². The Morgan fingerprint density at radius 2 is 1.91 bits per heavy atom. The van der Waals surface area contributed by atoms with Crippen molar-refractivity contribution in [2.45, 2.75) is 17.4 Å². The lowest BCUT2D eigenvalue weighted by atomic mass is 9.91. The Kier molecular flexibility index (Phi) is 7.77. The third-order valence-corrected chi connectivity index (χ3v) is 7.68. The quantitative estimate of drug-likeness (QED) is 0.435. The number of nitrogens with zero attached hydrogens (tertiary/aromatic N) is 1. The number of nitrogens with one attached hydrogen (secondary N) is 1. The first kappa shape index (κ1) is 24.1. The van der Waals surface area contributed by atoms with E-state index in [2.05, 4.69) is 21.7 Å². The molecule has 9 heteroatoms. The summed E-state index contributed by atoms with van der Waals surface area (Å²) in [6.45, 7) is 0.960. The van der Waals surface area contributed by atoms with E-state index in [0.717, 1.165) is 23.4 Å². The van der Waals surface area contributed by atoms with Crippen molar-refractivity contribution >= 4 is 40.6 Å². The number of thiophene rings is 1. The Hall–Kier alpha value is -3.01. The summed E-state index contributed by atoms with van der Waals surface area (Å²) in [4.78, 5) is 28.5. The van der Waals surface area contributed by atoms with Crippen molar-refractivity contribution in [3.05, 3.63) is 69.9 Å². The van der Waals surface area contributed by atoms with Crippen LogP contribution in [0.25, 0.3) is 0 Å². The molecule has 3 N–H and O–H groups in total. The Balaban J connectivity index is 1.58. The maximum absolute atomic E-state index is 13.1. The minimum atomic E-state index is -0.399. The first-order valence-corrected chi connectivity index (χ1v) is 12.7. The highest BCUT2D eigenvalue weighted by Crippen LogP contribution is 2.42. The Bertz CT molecular complexity index is 1170. The van der Waals surface area contributed by atoms with Crippen molar-refractivity contribution in [2.75, 3.05) is 38.4 Å². The number of para-hydroxylation sites is 1. The second kappa shape index (κ2) is 10.9. The van der Waals surface area contributed by atoms with Gasteiger partial charge in [-0.15, -0.1) is 23.1 Å². The number of carbonyl (C=O) groups is 2. The molecule has 0 bridgehead atoms. The molecular formula is C25H27N3O4S2. The van der Waals surface area contributed by atoms with Crippen LogP contribution in [0.1, 0.15) is 22.0 Å². The first-order valence-electron chi connectivity index (χ1n) is 10.8. The number of nitrogens with two attached hydrogens (primary N) is 1. The van der Waals surface area contributed by atoms with E-state index in [-0.39, 0.29) is 24.2 Å². The minimum absolute atomic E-state index is 0.0613. The van der Waals surface area contributed by atoms with Crippen LogP contribution < -0.4 is 20.5 Å². The predicted molar refractivity (Wildman–Crippen MR) is 136 cm³/mol. The molecule has 0 saturated heterocycles. The molecule has 1 atom stereocenters. The topological polar surface area (TPSA) is 93.9 Å². The number of thioether (sulfide) groups is 1. The van der Waals surface area contributed by atoms with Crippen LogP contribution in [0.5, 0.6) is 11.5 Å². The molecule has 1 aromatic heterocycles. The standard InChI is InChI=1S/C25H27N3O4S2/c1-31-19-12-16-9-10-28(25(22-8-5-11-33-22)17(16)13-20(19)32-2)14-24(30)27-18-6-3-4-7-21(18)34-15-23(26)29/h3-8,11-13,25H,9-10,14-15H2,1-2H3,(H2,26,29)(H,27,30). The zero-order chi connectivity index (χ0) is 24.1. The van der Waals surface area contributed by atoms with E-state index >= 15 is 0 Å². The lowest BCUT2D eigenvalue weighted by Gasteiger charge is -2.37. The Morgan fingerprint density at radius 1 is 1.15 bits per heavy atom. The highest BCUT2D eigenvalue weighted by atomic mass is 32.2. The van der Waals surface area contributed by atoms with Crippen LogP contribution in [-0.4, -0.2) is 49.8 Å². The second-order valence-corrected chi connectivity index (χ2v) is 9.84. The summed E-state index contributed by atoms with van der Waals surface area (Å²) in [6, 6.07) is 15.6. The van der Waals surface area contributed by atoms with Gasteiger partial charge in [0.25, 0.3) is 0 Å². The molecule has 3 aromatic rings. The van der Waals surface area contributed by atoms with Gasteiger partial charge in [-0.1, -0.05) is 18.2 Å². The summed E-state index contributed by atoms with van der Waals surface area (Å²) < 4.78 is 11.1. The molecule has 178 valence electrons. The fourth-order valence-electron chi connectivity index (χ4n) is 4.17. The van der Waals surface area contributed by atoms with Crippen LogP contribution in [0, 0.1) is 0 Å². The number of rotatable bonds is 9. The van der Waals surface area contributed by atoms with E-state index in [4.69, 9.17) is 15.2 Å². The molecule has 2 amide bonds. The summed E-state index contributed by atoms with van der Waals surface area (Å²) >= 11 is 2.98. The van der Waals surface area contributed by atoms with Gasteiger partial charge in [0.1, 0.15) is 0 Å². The maximum atomic E-state index is 13.1. The SMILES string of the molecule is COc1cc2c(cc1OC)C(c1cccs1)N(CC(=O)Nc1ccccc1SCC(N)=O)CC2. The third-order valence-electron chi connectivity index (χ3n) is 5.66. The van der Waals surface area contributed by atoms with Gasteiger partial charge < -0.3 is 20.5 Å². The van der Waals surface area contributed by atoms with Crippen molar-refractivity contribution in [1.29, 1.82) is 0 Å². The first-order chi connectivity index (χ1) is 16.5. The van der Waals surface area contributed by atoms with Gasteiger partial charge in [-0.3, -0.25) is 14.5 Å². The van der Waals surface area contributed by atoms with Crippen LogP contribution in [0.2, 0.25) is 0 Å². The van der Waals surface area contributed by atoms with Gasteiger partial charge in [0.2, 0.25) is 11.8 Å². The van der Waals surface area contributed by atoms with Gasteiger partial charge in [-0.25, -0.2) is 0 Å². The molecular weight excluding hydrogens is 470 g/mol. The van der Waals surface area contributed by atoms with E-state index in [1.54, 1.807) is 25.6 Å². The fraction of sp³-hybridized carbons (Fsp3) is 0.280. The minimum Gasteiger partial charge on any atom is -0.493 e. The number of hydrogen-bond acceptors (Lipinski definition) is 7. The summed E-state index contributed by atoms with van der Waals surface area (Å²) in [5.74, 6) is 1.03. The van der Waals surface area contributed by atoms with Crippen LogP contribution in [-0.2, 0) is 16.0 Å². The van der Waals surface area contributed by atoms with E-state index in [0.29, 0.717) is 17.2 Å². The van der Waals surface area contributed by atoms with Gasteiger partial charge in [0.05, 0.1) is 38.2 Å². The van der Waals surface area contributed by atoms with Crippen LogP contribution in [0.4, 0.5) is 5.69 Å². The molecule has 1 aliphatic heterocycles. The predicted octanol–water partition coefficient (Wildman–Crippen LogP) is 3.93. The van der Waals surface area contributed by atoms with Gasteiger partial charge in [0, 0.05) is 16.3 Å². The zero-order valence-corrected chi connectivity index (χ0v) is 20.7. The van der Waals surface area contributed by atoms with E-state index in [1.165, 1.54) is 22.2 Å². The molecule has 4 rings (SSSR count). The lowest BCUT2D eigenvalue weighted by molar-refractivity contribution is -0.118. The molecule has 2 heterocycles. The number of carbonyl (C=O) groups excluding carboxylic acids is 2. The highest BCUT2D eigenvalue weighted by molar-refractivity contribution is 8.00. The normalized spacial score (nSPS) is 15.4. The monoisotopic (exact) mass is 497 g/mol. The van der Waals surface area contributed by atoms with E-state index < -0.39 is 5.91 Å². The van der Waals surface area contributed by atoms with Crippen molar-refractivity contribution in [3.8, 4) is 11.5 Å². The van der Waals surface area contributed by atoms with Crippen molar-refractivity contribution in [3.63, 3.8) is 0 Å². The van der Waals surface area contributed by atoms with Crippen LogP contribution >= 0.6 is 23.1 Å². The number of benzene rings is 2. The van der Waals surface area contributed by atoms with Gasteiger partial charge in [-0.2, -0.15) is 0 Å². The fourth-order valence-corrected chi connectivity index (χ4v) is 5.79.